The van der Waals surface area contributed by atoms with Crippen LogP contribution in [0, 0.1) is 11.6 Å². The zero-order chi connectivity index (χ0) is 18.5. The summed E-state index contributed by atoms with van der Waals surface area (Å²) in [7, 11) is 1.28. The first-order chi connectivity index (χ1) is 12.6. The van der Waals surface area contributed by atoms with Crippen molar-refractivity contribution in [1.29, 1.82) is 0 Å². The fourth-order valence-electron chi connectivity index (χ4n) is 2.33. The number of carbonyl (C=O) groups is 1. The normalized spacial score (nSPS) is 10.9. The van der Waals surface area contributed by atoms with E-state index in [9.17, 15) is 13.6 Å². The molecule has 0 atom stereocenters. The van der Waals surface area contributed by atoms with Gasteiger partial charge >= 0.3 is 5.97 Å². The molecule has 6 heteroatoms. The summed E-state index contributed by atoms with van der Waals surface area (Å²) in [5.74, 6) is -1.24. The second-order valence-electron chi connectivity index (χ2n) is 5.36. The Bertz CT molecular complexity index is 953. The van der Waals surface area contributed by atoms with E-state index in [2.05, 4.69) is 14.7 Å². The molecule has 4 nitrogen and oxygen atoms in total. The molecular weight excluding hydrogens is 338 g/mol. The molecule has 1 heterocycles. The van der Waals surface area contributed by atoms with E-state index < -0.39 is 5.97 Å². The van der Waals surface area contributed by atoms with Crippen LogP contribution < -0.4 is 0 Å². The molecule has 0 unspecified atom stereocenters. The molecule has 0 spiro atoms. The zero-order valence-electron chi connectivity index (χ0n) is 13.8. The minimum Gasteiger partial charge on any atom is -0.466 e. The summed E-state index contributed by atoms with van der Waals surface area (Å²) in [5, 5.41) is 0. The predicted octanol–water partition coefficient (Wildman–Crippen LogP) is 4.28. The van der Waals surface area contributed by atoms with Crippen molar-refractivity contribution in [1.82, 2.24) is 9.97 Å². The van der Waals surface area contributed by atoms with E-state index in [-0.39, 0.29) is 11.6 Å². The van der Waals surface area contributed by atoms with Crippen molar-refractivity contribution in [3.8, 4) is 22.5 Å². The average Bonchev–Trinajstić information content (AvgIpc) is 2.67. The lowest BCUT2D eigenvalue weighted by Crippen LogP contribution is -1.97. The Morgan fingerprint density at radius 1 is 0.923 bits per heavy atom. The SMILES string of the molecule is COC(=O)C=Cc1cnc(-c2ccc(F)cc2)c(-c2ccc(F)cc2)n1. The standard InChI is InChI=1S/C20H14F2N2O2/c1-26-18(25)11-10-17-12-23-19(13-2-6-15(21)7-3-13)20(24-17)14-4-8-16(22)9-5-14/h2-12H,1H3. The molecule has 0 N–H and O–H groups in total. The van der Waals surface area contributed by atoms with Crippen molar-refractivity contribution in [2.75, 3.05) is 7.11 Å². The van der Waals surface area contributed by atoms with Gasteiger partial charge < -0.3 is 4.74 Å². The topological polar surface area (TPSA) is 52.1 Å². The highest BCUT2D eigenvalue weighted by molar-refractivity contribution is 5.87. The number of hydrogen-bond acceptors (Lipinski definition) is 4. The van der Waals surface area contributed by atoms with Crippen LogP contribution in [0.2, 0.25) is 0 Å². The molecule has 26 heavy (non-hydrogen) atoms. The summed E-state index contributed by atoms with van der Waals surface area (Å²) in [6, 6.07) is 11.7. The van der Waals surface area contributed by atoms with E-state index >= 15 is 0 Å². The van der Waals surface area contributed by atoms with Gasteiger partial charge in [-0.3, -0.25) is 4.98 Å². The lowest BCUT2D eigenvalue weighted by molar-refractivity contribution is -0.134. The van der Waals surface area contributed by atoms with Crippen LogP contribution in [-0.4, -0.2) is 23.0 Å². The number of carbonyl (C=O) groups excluding carboxylic acids is 1. The molecule has 0 fully saturated rings. The van der Waals surface area contributed by atoms with Gasteiger partial charge in [0.2, 0.25) is 0 Å². The molecule has 1 aromatic heterocycles. The Labute approximate surface area is 148 Å². The van der Waals surface area contributed by atoms with E-state index in [0.29, 0.717) is 28.2 Å². The van der Waals surface area contributed by atoms with Crippen molar-refractivity contribution in [3.05, 3.63) is 78.1 Å². The fraction of sp³-hybridized carbons (Fsp3) is 0.0500. The van der Waals surface area contributed by atoms with E-state index in [1.165, 1.54) is 49.7 Å². The largest absolute Gasteiger partial charge is 0.466 e. The van der Waals surface area contributed by atoms with Gasteiger partial charge in [0.05, 0.1) is 30.4 Å². The summed E-state index contributed by atoms with van der Waals surface area (Å²) in [6.45, 7) is 0. The molecule has 0 bridgehead atoms. The van der Waals surface area contributed by atoms with E-state index in [1.807, 2.05) is 0 Å². The first-order valence-electron chi connectivity index (χ1n) is 7.72. The Balaban J connectivity index is 2.11. The number of ether oxygens (including phenoxy) is 1. The number of benzene rings is 2. The van der Waals surface area contributed by atoms with Crippen LogP contribution >= 0.6 is 0 Å². The Morgan fingerprint density at radius 3 is 2.00 bits per heavy atom. The molecule has 0 aliphatic carbocycles. The number of esters is 1. The van der Waals surface area contributed by atoms with Crippen molar-refractivity contribution in [2.45, 2.75) is 0 Å². The highest BCUT2D eigenvalue weighted by Crippen LogP contribution is 2.29. The number of halogens is 2. The van der Waals surface area contributed by atoms with Crippen LogP contribution in [0.5, 0.6) is 0 Å². The average molecular weight is 352 g/mol. The molecule has 0 saturated heterocycles. The van der Waals surface area contributed by atoms with Gasteiger partial charge in [0.1, 0.15) is 11.6 Å². The zero-order valence-corrected chi connectivity index (χ0v) is 13.8. The third-order valence-electron chi connectivity index (χ3n) is 3.62. The third-order valence-corrected chi connectivity index (χ3v) is 3.62. The van der Waals surface area contributed by atoms with Crippen LogP contribution in [-0.2, 0) is 9.53 Å². The number of hydrogen-bond donors (Lipinski definition) is 0. The maximum Gasteiger partial charge on any atom is 0.330 e. The molecule has 0 amide bonds. The molecule has 0 aliphatic heterocycles. The van der Waals surface area contributed by atoms with Gasteiger partial charge in [-0.1, -0.05) is 0 Å². The summed E-state index contributed by atoms with van der Waals surface area (Å²) in [6.07, 6.45) is 4.20. The first-order valence-corrected chi connectivity index (χ1v) is 7.72. The molecular formula is C20H14F2N2O2. The van der Waals surface area contributed by atoms with Crippen molar-refractivity contribution >= 4 is 12.0 Å². The Morgan fingerprint density at radius 2 is 1.46 bits per heavy atom. The summed E-state index contributed by atoms with van der Waals surface area (Å²) in [4.78, 5) is 20.2. The summed E-state index contributed by atoms with van der Waals surface area (Å²) >= 11 is 0. The quantitative estimate of drug-likeness (QED) is 0.520. The highest BCUT2D eigenvalue weighted by Gasteiger charge is 2.12. The van der Waals surface area contributed by atoms with Crippen molar-refractivity contribution < 1.29 is 18.3 Å². The van der Waals surface area contributed by atoms with Gasteiger partial charge in [-0.2, -0.15) is 0 Å². The highest BCUT2D eigenvalue weighted by atomic mass is 19.1. The molecule has 130 valence electrons. The van der Waals surface area contributed by atoms with Crippen LogP contribution in [0.1, 0.15) is 5.69 Å². The van der Waals surface area contributed by atoms with Gasteiger partial charge in [0.25, 0.3) is 0 Å². The van der Waals surface area contributed by atoms with Gasteiger partial charge in [-0.15, -0.1) is 0 Å². The minimum absolute atomic E-state index is 0.359. The van der Waals surface area contributed by atoms with Gasteiger partial charge in [-0.25, -0.2) is 18.6 Å². The minimum atomic E-state index is -0.516. The van der Waals surface area contributed by atoms with Gasteiger partial charge in [0, 0.05) is 17.2 Å². The molecule has 0 aliphatic rings. The summed E-state index contributed by atoms with van der Waals surface area (Å²) < 4.78 is 31.0. The number of rotatable bonds is 4. The molecule has 3 aromatic rings. The van der Waals surface area contributed by atoms with Crippen LogP contribution in [0.4, 0.5) is 8.78 Å². The fourth-order valence-corrected chi connectivity index (χ4v) is 2.33. The van der Waals surface area contributed by atoms with Gasteiger partial charge in [0.15, 0.2) is 0 Å². The van der Waals surface area contributed by atoms with Crippen LogP contribution in [0.25, 0.3) is 28.6 Å². The molecule has 0 saturated carbocycles. The summed E-state index contributed by atoms with van der Waals surface area (Å²) in [5.41, 5.74) is 2.75. The predicted molar refractivity (Wildman–Crippen MR) is 93.9 cm³/mol. The smallest absolute Gasteiger partial charge is 0.330 e. The molecule has 2 aromatic carbocycles. The molecule has 0 radical (unpaired) electrons. The monoisotopic (exact) mass is 352 g/mol. The van der Waals surface area contributed by atoms with E-state index in [0.717, 1.165) is 0 Å². The number of nitrogens with zero attached hydrogens (tertiary/aromatic N) is 2. The number of methoxy groups -OCH3 is 1. The lowest BCUT2D eigenvalue weighted by Gasteiger charge is -2.09. The second kappa shape index (κ2) is 7.65. The Kier molecular flexibility index (Phi) is 5.12. The third kappa shape index (κ3) is 3.97. The Hall–Kier alpha value is -3.41. The maximum absolute atomic E-state index is 13.3. The van der Waals surface area contributed by atoms with Crippen LogP contribution in [0.15, 0.2) is 60.8 Å². The van der Waals surface area contributed by atoms with Crippen LogP contribution in [0.3, 0.4) is 0 Å². The van der Waals surface area contributed by atoms with Crippen molar-refractivity contribution in [2.24, 2.45) is 0 Å². The molecule has 3 rings (SSSR count). The first kappa shape index (κ1) is 17.4. The van der Waals surface area contributed by atoms with Crippen molar-refractivity contribution in [3.63, 3.8) is 0 Å². The second-order valence-corrected chi connectivity index (χ2v) is 5.36. The lowest BCUT2D eigenvalue weighted by atomic mass is 10.0. The van der Waals surface area contributed by atoms with E-state index in [4.69, 9.17) is 0 Å². The maximum atomic E-state index is 13.3. The van der Waals surface area contributed by atoms with E-state index in [1.54, 1.807) is 24.3 Å². The van der Waals surface area contributed by atoms with Gasteiger partial charge in [-0.05, 0) is 54.6 Å². The number of aromatic nitrogens is 2.